The second kappa shape index (κ2) is 17.5. The SMILES string of the molecule is Cc1cc(-n2nc3c(c2-n2ccn(-c4ccc5c(cnn5C)c4F)c2=O)[C@H](C)N(C(=O)c2cc4cc([C@H]5CCOC(C)(C)C5)ccc4n2[C@@]2(c4noc(=O)[nH]4)C[C@@H]2C)CC32CCCN(C(=O)OC(C)(C)C)C2)cc(C)c1F. The highest BCUT2D eigenvalue weighted by Crippen LogP contribution is 2.57. The topological polar surface area (TPSA) is 185 Å². The van der Waals surface area contributed by atoms with Crippen molar-refractivity contribution in [2.45, 2.75) is 129 Å². The molecule has 5 atom stereocenters. The van der Waals surface area contributed by atoms with E-state index in [4.69, 9.17) is 19.1 Å². The Balaban J connectivity index is 1.08. The van der Waals surface area contributed by atoms with Gasteiger partial charge in [0, 0.05) is 62.1 Å². The van der Waals surface area contributed by atoms with Crippen LogP contribution in [0.15, 0.2) is 81.2 Å². The van der Waals surface area contributed by atoms with Gasteiger partial charge in [0.25, 0.3) is 5.91 Å². The summed E-state index contributed by atoms with van der Waals surface area (Å²) in [7, 11) is 1.71. The number of benzene rings is 3. The van der Waals surface area contributed by atoms with Crippen molar-refractivity contribution in [2.24, 2.45) is 13.0 Å². The van der Waals surface area contributed by atoms with E-state index in [0.29, 0.717) is 77.5 Å². The summed E-state index contributed by atoms with van der Waals surface area (Å²) in [6.45, 7) is 18.1. The maximum Gasteiger partial charge on any atom is 0.438 e. The highest BCUT2D eigenvalue weighted by molar-refractivity contribution is 6.00. The van der Waals surface area contributed by atoms with Crippen molar-refractivity contribution in [3.63, 3.8) is 0 Å². The van der Waals surface area contributed by atoms with Crippen molar-refractivity contribution >= 4 is 33.8 Å². The molecule has 18 nitrogen and oxygen atoms in total. The molecule has 1 spiro atoms. The number of aryl methyl sites for hydroxylation is 3. The molecule has 20 heteroatoms. The normalized spacial score (nSPS) is 23.3. The first-order valence-electron chi connectivity index (χ1n) is 26.5. The Morgan fingerprint density at radius 3 is 2.34 bits per heavy atom. The molecule has 2 amide bonds. The molecule has 77 heavy (non-hydrogen) atoms. The maximum absolute atomic E-state index is 16.5. The van der Waals surface area contributed by atoms with Gasteiger partial charge in [0.2, 0.25) is 0 Å². The van der Waals surface area contributed by atoms with E-state index in [0.717, 1.165) is 29.3 Å². The predicted octanol–water partition coefficient (Wildman–Crippen LogP) is 9.17. The molecule has 4 aliphatic rings. The minimum Gasteiger partial charge on any atom is -0.444 e. The minimum atomic E-state index is -1.05. The number of H-pyrrole nitrogens is 1. The molecule has 3 aromatic carbocycles. The quantitative estimate of drug-likeness (QED) is 0.161. The van der Waals surface area contributed by atoms with Gasteiger partial charge >= 0.3 is 17.5 Å². The number of amides is 2. The van der Waals surface area contributed by atoms with Crippen LogP contribution in [0.3, 0.4) is 0 Å². The second-order valence-corrected chi connectivity index (χ2v) is 23.7. The molecule has 1 aliphatic carbocycles. The molecule has 3 aliphatic heterocycles. The number of hydrogen-bond donors (Lipinski definition) is 1. The molecule has 0 radical (unpaired) electrons. The van der Waals surface area contributed by atoms with Crippen LogP contribution in [0, 0.1) is 31.4 Å². The van der Waals surface area contributed by atoms with Gasteiger partial charge in [-0.2, -0.15) is 10.2 Å². The van der Waals surface area contributed by atoms with Crippen molar-refractivity contribution in [1.29, 1.82) is 0 Å². The number of imidazole rings is 1. The molecule has 0 bridgehead atoms. The maximum atomic E-state index is 16.5. The van der Waals surface area contributed by atoms with Crippen molar-refractivity contribution in [3.8, 4) is 17.2 Å². The number of aromatic nitrogens is 9. The summed E-state index contributed by atoms with van der Waals surface area (Å²) >= 11 is 0. The average Bonchev–Trinajstić information content (AvgIpc) is 4.21. The van der Waals surface area contributed by atoms with Crippen LogP contribution >= 0.6 is 0 Å². The lowest BCUT2D eigenvalue weighted by atomic mass is 9.71. The highest BCUT2D eigenvalue weighted by atomic mass is 19.1. The first kappa shape index (κ1) is 50.2. The highest BCUT2D eigenvalue weighted by Gasteiger charge is 2.60. The number of halogens is 2. The van der Waals surface area contributed by atoms with E-state index < -0.39 is 51.8 Å². The fourth-order valence-corrected chi connectivity index (χ4v) is 12.9. The Bertz CT molecular complexity index is 3840. The molecule has 1 unspecified atom stereocenters. The van der Waals surface area contributed by atoms with Crippen LogP contribution in [-0.4, -0.2) is 103 Å². The third-order valence-corrected chi connectivity index (χ3v) is 16.8. The van der Waals surface area contributed by atoms with E-state index in [2.05, 4.69) is 47.3 Å². The van der Waals surface area contributed by atoms with Crippen LogP contribution in [0.1, 0.15) is 137 Å². The van der Waals surface area contributed by atoms with Gasteiger partial charge in [-0.05, 0) is 158 Å². The van der Waals surface area contributed by atoms with Gasteiger partial charge < -0.3 is 23.8 Å². The Morgan fingerprint density at radius 2 is 1.65 bits per heavy atom. The number of carbonyl (C=O) groups is 2. The average molecular weight is 1050 g/mol. The summed E-state index contributed by atoms with van der Waals surface area (Å²) in [6.07, 6.45) is 7.14. The lowest BCUT2D eigenvalue weighted by molar-refractivity contribution is -0.0592. The molecule has 3 fully saturated rings. The van der Waals surface area contributed by atoms with E-state index >= 15 is 18.4 Å². The van der Waals surface area contributed by atoms with Gasteiger partial charge in [-0.3, -0.25) is 28.1 Å². The van der Waals surface area contributed by atoms with Crippen molar-refractivity contribution < 1.29 is 32.4 Å². The van der Waals surface area contributed by atoms with E-state index in [-0.39, 0.29) is 53.3 Å². The lowest BCUT2D eigenvalue weighted by Gasteiger charge is -2.49. The summed E-state index contributed by atoms with van der Waals surface area (Å²) in [5.41, 5.74) is 1.21. The first-order chi connectivity index (χ1) is 36.5. The van der Waals surface area contributed by atoms with Crippen molar-refractivity contribution in [1.82, 2.24) is 53.2 Å². The number of piperidine rings is 1. The predicted molar refractivity (Wildman–Crippen MR) is 282 cm³/mol. The fourth-order valence-electron chi connectivity index (χ4n) is 12.9. The third kappa shape index (κ3) is 7.98. The zero-order valence-corrected chi connectivity index (χ0v) is 45.0. The minimum absolute atomic E-state index is 0.00234. The van der Waals surface area contributed by atoms with Gasteiger partial charge in [0.1, 0.15) is 28.5 Å². The number of ether oxygens (including phenoxy) is 2. The molecular formula is C57H63F2N11O7. The van der Waals surface area contributed by atoms with Crippen LogP contribution in [0.5, 0.6) is 0 Å². The van der Waals surface area contributed by atoms with E-state index in [1.165, 1.54) is 27.6 Å². The van der Waals surface area contributed by atoms with Crippen LogP contribution < -0.4 is 11.4 Å². The van der Waals surface area contributed by atoms with Crippen LogP contribution in [0.4, 0.5) is 13.6 Å². The summed E-state index contributed by atoms with van der Waals surface area (Å²) in [6, 6.07) is 14.0. The van der Waals surface area contributed by atoms with Gasteiger partial charge in [0.15, 0.2) is 11.6 Å². The number of fused-ring (bicyclic) bond motifs is 4. The summed E-state index contributed by atoms with van der Waals surface area (Å²) in [5, 5.41) is 15.0. The van der Waals surface area contributed by atoms with Crippen molar-refractivity contribution in [2.75, 3.05) is 26.2 Å². The Kier molecular flexibility index (Phi) is 11.4. The summed E-state index contributed by atoms with van der Waals surface area (Å²) < 4.78 is 57.2. The molecule has 8 aromatic rings. The Labute approximate surface area is 442 Å². The number of likely N-dealkylation sites (tertiary alicyclic amines) is 1. The summed E-state index contributed by atoms with van der Waals surface area (Å²) in [5.74, 6) is -1.40. The molecule has 8 heterocycles. The number of nitrogens with one attached hydrogen (secondary N) is 1. The molecule has 12 rings (SSSR count). The molecule has 2 saturated heterocycles. The van der Waals surface area contributed by atoms with Crippen LogP contribution in [0.2, 0.25) is 0 Å². The zero-order chi connectivity index (χ0) is 54.4. The number of nitrogens with zero attached hydrogens (tertiary/aromatic N) is 10. The number of aromatic amines is 1. The van der Waals surface area contributed by atoms with E-state index in [1.54, 1.807) is 64.5 Å². The van der Waals surface area contributed by atoms with Gasteiger partial charge in [-0.15, -0.1) is 0 Å². The molecule has 402 valence electrons. The Morgan fingerprint density at radius 1 is 0.922 bits per heavy atom. The Hall–Kier alpha value is -7.61. The standard InChI is InChI=1S/C57H63F2N11O7/c1-31-22-38(23-32(2)45(31)58)70-48(67-20-19-66(52(67)73)42-15-14-41-39(46(42)59)28-60-64(41)10)44-34(4)68(30-56(47(44)62-70)17-11-18-65(29-56)53(74)76-54(5,6)7)49(71)43-25-37-24-35(36-16-21-75-55(8,9)27-36)12-13-40(37)69(43)57(26-33(57)3)50-61-51(72)77-63-50/h12-15,19-20,22-25,28,33-34,36H,11,16-18,21,26-27,29-30H2,1-10H3,(H,61,63,72)/t33-,34-,36-,56?,57-/m0/s1. The molecule has 5 aromatic heterocycles. The lowest BCUT2D eigenvalue weighted by Crippen LogP contribution is -2.58. The van der Waals surface area contributed by atoms with Gasteiger partial charge in [0.05, 0.1) is 51.2 Å². The van der Waals surface area contributed by atoms with Gasteiger partial charge in [-0.1, -0.05) is 18.1 Å². The zero-order valence-electron chi connectivity index (χ0n) is 45.0. The van der Waals surface area contributed by atoms with Crippen LogP contribution in [0.25, 0.3) is 39.0 Å². The fraction of sp³-hybridized carbons (Fsp3) is 0.456. The summed E-state index contributed by atoms with van der Waals surface area (Å²) in [4.78, 5) is 64.9. The number of hydrogen-bond acceptors (Lipinski definition) is 10. The van der Waals surface area contributed by atoms with Crippen molar-refractivity contribution in [3.05, 3.63) is 139 Å². The smallest absolute Gasteiger partial charge is 0.438 e. The first-order valence-corrected chi connectivity index (χ1v) is 26.5. The number of carbonyl (C=O) groups excluding carboxylic acids is 2. The van der Waals surface area contributed by atoms with E-state index in [9.17, 15) is 9.59 Å². The number of rotatable bonds is 7. The molecule has 1 saturated carbocycles. The van der Waals surface area contributed by atoms with Crippen LogP contribution in [-0.2, 0) is 27.5 Å². The third-order valence-electron chi connectivity index (χ3n) is 16.8. The molecular weight excluding hydrogens is 989 g/mol. The molecule has 1 N–H and O–H groups in total. The largest absolute Gasteiger partial charge is 0.444 e. The van der Waals surface area contributed by atoms with E-state index in [1.807, 2.05) is 45.3 Å². The monoisotopic (exact) mass is 1050 g/mol. The van der Waals surface area contributed by atoms with Gasteiger partial charge in [-0.25, -0.2) is 27.8 Å². The second-order valence-electron chi connectivity index (χ2n) is 23.7.